The molecule has 2 aromatic heterocycles. The molecule has 116 valence electrons. The summed E-state index contributed by atoms with van der Waals surface area (Å²) in [6, 6.07) is 5.92. The Morgan fingerprint density at radius 1 is 1.23 bits per heavy atom. The molecule has 0 N–H and O–H groups in total. The van der Waals surface area contributed by atoms with Crippen molar-refractivity contribution in [1.82, 2.24) is 19.7 Å². The highest BCUT2D eigenvalue weighted by molar-refractivity contribution is 5.76. The van der Waals surface area contributed by atoms with Gasteiger partial charge >= 0.3 is 0 Å². The minimum atomic E-state index is 0.198. The van der Waals surface area contributed by atoms with Crippen molar-refractivity contribution in [3.8, 4) is 0 Å². The first-order valence-electron chi connectivity index (χ1n) is 7.72. The van der Waals surface area contributed by atoms with E-state index in [1.165, 1.54) is 0 Å². The van der Waals surface area contributed by atoms with E-state index in [1.807, 2.05) is 41.0 Å². The zero-order valence-corrected chi connectivity index (χ0v) is 12.9. The van der Waals surface area contributed by atoms with Gasteiger partial charge in [-0.3, -0.25) is 9.48 Å². The van der Waals surface area contributed by atoms with Crippen molar-refractivity contribution >= 4 is 11.7 Å². The minimum Gasteiger partial charge on any atom is -0.353 e. The van der Waals surface area contributed by atoms with Crippen molar-refractivity contribution in [3.05, 3.63) is 42.4 Å². The summed E-state index contributed by atoms with van der Waals surface area (Å²) >= 11 is 0. The first kappa shape index (κ1) is 14.6. The molecule has 22 heavy (non-hydrogen) atoms. The number of carbonyl (C=O) groups excluding carboxylic acids is 1. The van der Waals surface area contributed by atoms with Crippen LogP contribution in [0, 0.1) is 0 Å². The Bertz CT molecular complexity index is 625. The number of anilines is 1. The second-order valence-corrected chi connectivity index (χ2v) is 5.41. The topological polar surface area (TPSA) is 54.3 Å². The lowest BCUT2D eigenvalue weighted by atomic mass is 10.2. The zero-order chi connectivity index (χ0) is 15.4. The van der Waals surface area contributed by atoms with Crippen molar-refractivity contribution in [2.75, 3.05) is 24.5 Å². The molecule has 0 aromatic carbocycles. The van der Waals surface area contributed by atoms with Crippen LogP contribution < -0.4 is 4.90 Å². The first-order chi connectivity index (χ1) is 10.8. The molecule has 0 saturated carbocycles. The molecule has 2 aromatic rings. The molecule has 0 atom stereocenters. The molecule has 1 amide bonds. The number of nitrogens with zero attached hydrogens (tertiary/aromatic N) is 5. The molecule has 3 heterocycles. The average Bonchev–Trinajstić information content (AvgIpc) is 3.00. The van der Waals surface area contributed by atoms with Gasteiger partial charge < -0.3 is 9.80 Å². The summed E-state index contributed by atoms with van der Waals surface area (Å²) in [6.07, 6.45) is 6.11. The van der Waals surface area contributed by atoms with Gasteiger partial charge in [0.05, 0.1) is 6.54 Å². The van der Waals surface area contributed by atoms with E-state index in [-0.39, 0.29) is 5.91 Å². The summed E-state index contributed by atoms with van der Waals surface area (Å²) < 4.78 is 1.92. The summed E-state index contributed by atoms with van der Waals surface area (Å²) in [5, 5.41) is 4.24. The molecule has 0 saturated heterocycles. The fourth-order valence-corrected chi connectivity index (χ4v) is 2.78. The maximum Gasteiger partial charge on any atom is 0.222 e. The third-order valence-corrected chi connectivity index (χ3v) is 3.98. The van der Waals surface area contributed by atoms with Crippen LogP contribution >= 0.6 is 0 Å². The van der Waals surface area contributed by atoms with Crippen molar-refractivity contribution in [3.63, 3.8) is 0 Å². The third kappa shape index (κ3) is 3.10. The molecule has 3 rings (SSSR count). The Kier molecular flexibility index (Phi) is 4.37. The number of rotatable bonds is 4. The molecular formula is C16H21N5O. The van der Waals surface area contributed by atoms with Crippen LogP contribution in [0.2, 0.25) is 0 Å². The Morgan fingerprint density at radius 3 is 2.91 bits per heavy atom. The van der Waals surface area contributed by atoms with Crippen LogP contribution in [0.1, 0.15) is 18.9 Å². The lowest BCUT2D eigenvalue weighted by Gasteiger charge is -2.23. The third-order valence-electron chi connectivity index (χ3n) is 3.98. The number of carbonyl (C=O) groups is 1. The molecule has 0 spiro atoms. The molecule has 6 heteroatoms. The number of hydrogen-bond acceptors (Lipinski definition) is 4. The van der Waals surface area contributed by atoms with E-state index in [0.29, 0.717) is 13.0 Å². The largest absolute Gasteiger partial charge is 0.353 e. The van der Waals surface area contributed by atoms with Crippen LogP contribution in [-0.4, -0.2) is 45.2 Å². The molecule has 1 aliphatic heterocycles. The summed E-state index contributed by atoms with van der Waals surface area (Å²) in [7, 11) is 0. The monoisotopic (exact) mass is 299 g/mol. The fraction of sp³-hybridized carbons (Fsp3) is 0.438. The van der Waals surface area contributed by atoms with Gasteiger partial charge in [-0.2, -0.15) is 5.10 Å². The van der Waals surface area contributed by atoms with Gasteiger partial charge in [-0.05, 0) is 12.1 Å². The zero-order valence-electron chi connectivity index (χ0n) is 12.9. The van der Waals surface area contributed by atoms with Gasteiger partial charge in [0.25, 0.3) is 0 Å². The molecule has 0 aliphatic carbocycles. The van der Waals surface area contributed by atoms with E-state index in [1.54, 1.807) is 6.20 Å². The van der Waals surface area contributed by atoms with Gasteiger partial charge in [-0.25, -0.2) is 4.98 Å². The molecule has 1 aliphatic rings. The summed E-state index contributed by atoms with van der Waals surface area (Å²) in [5.74, 6) is 1.18. The predicted octanol–water partition coefficient (Wildman–Crippen LogP) is 1.54. The number of hydrogen-bond donors (Lipinski definition) is 0. The highest BCUT2D eigenvalue weighted by Gasteiger charge is 2.22. The van der Waals surface area contributed by atoms with Crippen LogP contribution in [0.4, 0.5) is 5.82 Å². The van der Waals surface area contributed by atoms with Gasteiger partial charge in [0.15, 0.2) is 0 Å². The van der Waals surface area contributed by atoms with Crippen molar-refractivity contribution < 1.29 is 4.79 Å². The average molecular weight is 299 g/mol. The van der Waals surface area contributed by atoms with Crippen LogP contribution in [0.25, 0.3) is 0 Å². The van der Waals surface area contributed by atoms with Crippen LogP contribution in [0.5, 0.6) is 0 Å². The minimum absolute atomic E-state index is 0.198. The van der Waals surface area contributed by atoms with E-state index < -0.39 is 0 Å². The Hall–Kier alpha value is -2.37. The van der Waals surface area contributed by atoms with Gasteiger partial charge in [0, 0.05) is 56.8 Å². The molecule has 0 unspecified atom stereocenters. The molecule has 0 fully saturated rings. The normalized spacial score (nSPS) is 14.6. The number of amides is 1. The summed E-state index contributed by atoms with van der Waals surface area (Å²) in [6.45, 7) is 5.74. The molecular weight excluding hydrogens is 278 g/mol. The second kappa shape index (κ2) is 6.60. The van der Waals surface area contributed by atoms with E-state index in [9.17, 15) is 4.79 Å². The number of fused-ring (bicyclic) bond motifs is 1. The second-order valence-electron chi connectivity index (χ2n) is 5.41. The van der Waals surface area contributed by atoms with Crippen LogP contribution in [0.3, 0.4) is 0 Å². The Labute approximate surface area is 130 Å². The van der Waals surface area contributed by atoms with Crippen molar-refractivity contribution in [2.24, 2.45) is 0 Å². The highest BCUT2D eigenvalue weighted by atomic mass is 16.2. The van der Waals surface area contributed by atoms with Gasteiger partial charge in [-0.15, -0.1) is 0 Å². The molecule has 0 bridgehead atoms. The standard InChI is InChI=1S/C16H21N5O/c1-2-15(22)20-10-9-19(11-12-21-8-4-7-18-21)16-14(13-20)5-3-6-17-16/h3-8H,2,9-13H2,1H3. The maximum atomic E-state index is 12.1. The van der Waals surface area contributed by atoms with E-state index in [0.717, 1.165) is 37.6 Å². The van der Waals surface area contributed by atoms with E-state index in [4.69, 9.17) is 0 Å². The Morgan fingerprint density at radius 2 is 2.14 bits per heavy atom. The summed E-state index contributed by atoms with van der Waals surface area (Å²) in [4.78, 5) is 20.8. The molecule has 6 nitrogen and oxygen atoms in total. The maximum absolute atomic E-state index is 12.1. The number of pyridine rings is 1. The van der Waals surface area contributed by atoms with Crippen LogP contribution in [-0.2, 0) is 17.9 Å². The van der Waals surface area contributed by atoms with Gasteiger partial charge in [0.2, 0.25) is 5.91 Å². The van der Waals surface area contributed by atoms with E-state index >= 15 is 0 Å². The fourth-order valence-electron chi connectivity index (χ4n) is 2.78. The quantitative estimate of drug-likeness (QED) is 0.859. The van der Waals surface area contributed by atoms with Gasteiger partial charge in [-0.1, -0.05) is 13.0 Å². The van der Waals surface area contributed by atoms with E-state index in [2.05, 4.69) is 21.0 Å². The highest BCUT2D eigenvalue weighted by Crippen LogP contribution is 2.22. The van der Waals surface area contributed by atoms with Crippen molar-refractivity contribution in [1.29, 1.82) is 0 Å². The predicted molar refractivity (Wildman–Crippen MR) is 84.4 cm³/mol. The lowest BCUT2D eigenvalue weighted by Crippen LogP contribution is -2.36. The SMILES string of the molecule is CCC(=O)N1CCN(CCn2cccn2)c2ncccc2C1. The summed E-state index contributed by atoms with van der Waals surface area (Å²) in [5.41, 5.74) is 1.11. The van der Waals surface area contributed by atoms with Gasteiger partial charge in [0.1, 0.15) is 5.82 Å². The van der Waals surface area contributed by atoms with Crippen LogP contribution in [0.15, 0.2) is 36.8 Å². The Balaban J connectivity index is 1.78. The lowest BCUT2D eigenvalue weighted by molar-refractivity contribution is -0.131. The number of aromatic nitrogens is 3. The molecule has 0 radical (unpaired) electrons. The first-order valence-corrected chi connectivity index (χ1v) is 7.72. The smallest absolute Gasteiger partial charge is 0.222 e. The van der Waals surface area contributed by atoms with Crippen molar-refractivity contribution in [2.45, 2.75) is 26.4 Å².